The van der Waals surface area contributed by atoms with Crippen LogP contribution in [0.1, 0.15) is 49.1 Å². The fourth-order valence-corrected chi connectivity index (χ4v) is 7.98. The Balaban J connectivity index is 1.20. The van der Waals surface area contributed by atoms with Crippen LogP contribution in [0.2, 0.25) is 0 Å². The molecule has 0 spiro atoms. The Morgan fingerprint density at radius 3 is 1.84 bits per heavy atom. The number of piperazine rings is 1. The van der Waals surface area contributed by atoms with Gasteiger partial charge in [-0.25, -0.2) is 4.98 Å². The van der Waals surface area contributed by atoms with Crippen molar-refractivity contribution in [2.75, 3.05) is 25.0 Å². The number of thiazole rings is 1. The third-order valence-electron chi connectivity index (χ3n) is 9.79. The molecule has 5 aromatic rings. The zero-order valence-corrected chi connectivity index (χ0v) is 30.2. The number of hydrogen-bond donors (Lipinski definition) is 3. The Morgan fingerprint density at radius 2 is 1.32 bits per heavy atom. The predicted molar refractivity (Wildman–Crippen MR) is 206 cm³/mol. The van der Waals surface area contributed by atoms with E-state index in [2.05, 4.69) is 84.8 Å². The number of carbonyl (C=O) groups is 2. The number of nitrogens with one attached hydrogen (secondary N) is 1. The second-order valence-electron chi connectivity index (χ2n) is 14.2. The van der Waals surface area contributed by atoms with E-state index in [0.29, 0.717) is 31.8 Å². The quantitative estimate of drug-likeness (QED) is 0.121. The first-order valence-electron chi connectivity index (χ1n) is 17.9. The minimum Gasteiger partial charge on any atom is -0.362 e. The van der Waals surface area contributed by atoms with Crippen LogP contribution in [0.5, 0.6) is 0 Å². The molecular formula is C41H50N6O2S. The van der Waals surface area contributed by atoms with Crippen LogP contribution in [0.25, 0.3) is 21.5 Å². The monoisotopic (exact) mass is 690 g/mol. The maximum atomic E-state index is 14.3. The van der Waals surface area contributed by atoms with Gasteiger partial charge < -0.3 is 26.6 Å². The minimum absolute atomic E-state index is 0.0576. The third-order valence-corrected chi connectivity index (χ3v) is 10.7. The number of fused-ring (bicyclic) bond motifs is 2. The molecule has 2 unspecified atom stereocenters. The molecule has 0 radical (unpaired) electrons. The fourth-order valence-electron chi connectivity index (χ4n) is 7.29. The Kier molecular flexibility index (Phi) is 11.5. The number of amides is 2. The largest absolute Gasteiger partial charge is 0.362 e. The van der Waals surface area contributed by atoms with Gasteiger partial charge in [0, 0.05) is 42.8 Å². The molecule has 1 aromatic heterocycles. The van der Waals surface area contributed by atoms with E-state index < -0.39 is 12.1 Å². The number of aromatic nitrogens is 1. The Hall–Kier alpha value is -4.31. The number of benzene rings is 4. The first-order chi connectivity index (χ1) is 24.1. The summed E-state index contributed by atoms with van der Waals surface area (Å²) < 4.78 is 0. The molecule has 0 aliphatic carbocycles. The van der Waals surface area contributed by atoms with Gasteiger partial charge in [0.2, 0.25) is 11.8 Å². The molecule has 1 fully saturated rings. The van der Waals surface area contributed by atoms with Crippen molar-refractivity contribution in [3.63, 3.8) is 0 Å². The Labute approximate surface area is 299 Å². The summed E-state index contributed by atoms with van der Waals surface area (Å²) in [6.07, 6.45) is 5.08. The van der Waals surface area contributed by atoms with E-state index in [1.165, 1.54) is 0 Å². The van der Waals surface area contributed by atoms with Gasteiger partial charge in [0.15, 0.2) is 5.13 Å². The number of nitrogens with zero attached hydrogens (tertiary/aromatic N) is 3. The first-order valence-corrected chi connectivity index (χ1v) is 18.7. The van der Waals surface area contributed by atoms with E-state index >= 15 is 0 Å². The Morgan fingerprint density at radius 1 is 0.800 bits per heavy atom. The lowest BCUT2D eigenvalue weighted by atomic mass is 9.93. The van der Waals surface area contributed by atoms with Crippen LogP contribution < -0.4 is 16.8 Å². The van der Waals surface area contributed by atoms with Gasteiger partial charge in [-0.15, -0.1) is 11.3 Å². The molecule has 0 saturated carbocycles. The van der Waals surface area contributed by atoms with Gasteiger partial charge in [-0.1, -0.05) is 98.8 Å². The van der Waals surface area contributed by atoms with Crippen molar-refractivity contribution in [2.24, 2.45) is 17.4 Å². The van der Waals surface area contributed by atoms with Crippen LogP contribution in [0.15, 0.2) is 91.1 Å². The second-order valence-corrected chi connectivity index (χ2v) is 15.5. The zero-order chi connectivity index (χ0) is 35.2. The molecule has 9 heteroatoms. The summed E-state index contributed by atoms with van der Waals surface area (Å²) in [6, 6.07) is 27.3. The number of anilines is 1. The van der Waals surface area contributed by atoms with E-state index in [4.69, 9.17) is 11.5 Å². The lowest BCUT2D eigenvalue weighted by Crippen LogP contribution is -2.65. The molecule has 4 aromatic carbocycles. The smallest absolute Gasteiger partial charge is 0.240 e. The Bertz CT molecular complexity index is 1920. The molecule has 262 valence electrons. The van der Waals surface area contributed by atoms with Crippen LogP contribution in [0, 0.1) is 12.8 Å². The molecular weight excluding hydrogens is 641 g/mol. The number of rotatable bonds is 13. The normalized spacial score (nSPS) is 17.7. The number of hydrogen-bond acceptors (Lipinski definition) is 7. The van der Waals surface area contributed by atoms with Crippen LogP contribution in [-0.2, 0) is 22.4 Å². The summed E-state index contributed by atoms with van der Waals surface area (Å²) in [5.41, 5.74) is 15.5. The standard InChI is InChI=1S/C41H50N6O2S/c1-27(2)19-36-26-46(39(48)37(42)22-29-14-16-31-9-4-6-11-33(31)20-29)35(13-8-18-44-41-45-24-28(3)50-41)25-47(36)40(49)38(43)23-30-15-17-32-10-5-7-12-34(32)21-30/h4-7,9-12,14-17,20-21,24,27,35-38H,8,13,18-19,22-23,25-26,42-43H2,1-3H3,(H,44,45)/t35-,36+,37?,38?/m0/s1. The lowest BCUT2D eigenvalue weighted by Gasteiger charge is -2.48. The van der Waals surface area contributed by atoms with Crippen molar-refractivity contribution in [1.82, 2.24) is 14.8 Å². The van der Waals surface area contributed by atoms with E-state index in [1.807, 2.05) is 47.2 Å². The highest BCUT2D eigenvalue weighted by Crippen LogP contribution is 2.27. The predicted octanol–water partition coefficient (Wildman–Crippen LogP) is 6.54. The van der Waals surface area contributed by atoms with E-state index in [1.54, 1.807) is 11.3 Å². The topological polar surface area (TPSA) is 118 Å². The van der Waals surface area contributed by atoms with Crippen molar-refractivity contribution < 1.29 is 9.59 Å². The van der Waals surface area contributed by atoms with Gasteiger partial charge in [-0.3, -0.25) is 9.59 Å². The maximum absolute atomic E-state index is 14.3. The van der Waals surface area contributed by atoms with E-state index in [9.17, 15) is 9.59 Å². The summed E-state index contributed by atoms with van der Waals surface area (Å²) in [6.45, 7) is 7.96. The van der Waals surface area contributed by atoms with Crippen molar-refractivity contribution in [2.45, 2.75) is 77.0 Å². The van der Waals surface area contributed by atoms with Crippen LogP contribution in [0.3, 0.4) is 0 Å². The average Bonchev–Trinajstić information content (AvgIpc) is 3.53. The zero-order valence-electron chi connectivity index (χ0n) is 29.4. The lowest BCUT2D eigenvalue weighted by molar-refractivity contribution is -0.149. The van der Waals surface area contributed by atoms with Crippen molar-refractivity contribution >= 4 is 49.8 Å². The third kappa shape index (κ3) is 8.70. The van der Waals surface area contributed by atoms with Crippen molar-refractivity contribution in [3.8, 4) is 0 Å². The molecule has 1 aliphatic rings. The summed E-state index contributed by atoms with van der Waals surface area (Å²) in [5.74, 6) is 0.212. The highest BCUT2D eigenvalue weighted by atomic mass is 32.1. The molecule has 1 aliphatic heterocycles. The van der Waals surface area contributed by atoms with Gasteiger partial charge in [0.25, 0.3) is 0 Å². The van der Waals surface area contributed by atoms with E-state index in [0.717, 1.165) is 68.5 Å². The number of nitrogens with two attached hydrogens (primary N) is 2. The summed E-state index contributed by atoms with van der Waals surface area (Å²) in [4.78, 5) is 38.0. The van der Waals surface area contributed by atoms with Crippen LogP contribution in [-0.4, -0.2) is 70.4 Å². The van der Waals surface area contributed by atoms with Gasteiger partial charge in [0.1, 0.15) is 0 Å². The molecule has 50 heavy (non-hydrogen) atoms. The van der Waals surface area contributed by atoms with Crippen LogP contribution >= 0.6 is 11.3 Å². The summed E-state index contributed by atoms with van der Waals surface area (Å²) in [5, 5.41) is 8.91. The molecule has 2 amide bonds. The summed E-state index contributed by atoms with van der Waals surface area (Å²) >= 11 is 1.63. The number of carbonyl (C=O) groups excluding carboxylic acids is 2. The van der Waals surface area contributed by atoms with Gasteiger partial charge in [-0.05, 0) is 77.6 Å². The van der Waals surface area contributed by atoms with Crippen LogP contribution in [0.4, 0.5) is 5.13 Å². The van der Waals surface area contributed by atoms with Gasteiger partial charge in [0.05, 0.1) is 12.1 Å². The fraction of sp³-hybridized carbons (Fsp3) is 0.390. The molecule has 6 rings (SSSR count). The summed E-state index contributed by atoms with van der Waals surface area (Å²) in [7, 11) is 0. The van der Waals surface area contributed by atoms with E-state index in [-0.39, 0.29) is 23.9 Å². The molecule has 5 N–H and O–H groups in total. The number of aryl methyl sites for hydroxylation is 1. The first kappa shape index (κ1) is 35.5. The molecule has 1 saturated heterocycles. The molecule has 4 atom stereocenters. The highest BCUT2D eigenvalue weighted by molar-refractivity contribution is 7.15. The van der Waals surface area contributed by atoms with Crippen molar-refractivity contribution in [1.29, 1.82) is 0 Å². The molecule has 2 heterocycles. The molecule has 8 nitrogen and oxygen atoms in total. The minimum atomic E-state index is -0.688. The highest BCUT2D eigenvalue weighted by Gasteiger charge is 2.40. The second kappa shape index (κ2) is 16.1. The SMILES string of the molecule is Cc1cnc(NCCC[C@H]2CN(C(=O)C(N)Cc3ccc4ccccc4c3)[C@H](CC(C)C)CN2C(=O)C(N)Cc2ccc3ccccc3c2)s1. The molecule has 0 bridgehead atoms. The average molecular weight is 691 g/mol. The van der Waals surface area contributed by atoms with Crippen molar-refractivity contribution in [3.05, 3.63) is 107 Å². The van der Waals surface area contributed by atoms with Gasteiger partial charge >= 0.3 is 0 Å². The maximum Gasteiger partial charge on any atom is 0.240 e. The van der Waals surface area contributed by atoms with Gasteiger partial charge in [-0.2, -0.15) is 0 Å².